The highest BCUT2D eigenvalue weighted by Crippen LogP contribution is 1.94. The molecule has 0 aromatic heterocycles. The number of hydrogen-bond acceptors (Lipinski definition) is 3. The molecule has 0 spiro atoms. The largest absolute Gasteiger partial charge is 0.379 e. The number of nitrogens with one attached hydrogen (secondary N) is 1. The summed E-state index contributed by atoms with van der Waals surface area (Å²) in [5.41, 5.74) is 0. The van der Waals surface area contributed by atoms with E-state index in [0.717, 1.165) is 45.8 Å². The lowest BCUT2D eigenvalue weighted by Crippen LogP contribution is -2.40. The maximum absolute atomic E-state index is 5.27. The topological polar surface area (TPSA) is 24.5 Å². The van der Waals surface area contributed by atoms with Crippen molar-refractivity contribution in [3.8, 4) is 0 Å². The first-order valence-corrected chi connectivity index (χ1v) is 6.15. The van der Waals surface area contributed by atoms with Gasteiger partial charge in [0.05, 0.1) is 13.2 Å². The Morgan fingerprint density at radius 2 is 1.80 bits per heavy atom. The Balaban J connectivity index is 0.000000583. The molecule has 1 aliphatic heterocycles. The van der Waals surface area contributed by atoms with Crippen LogP contribution in [-0.4, -0.2) is 50.8 Å². The molecule has 0 saturated carbocycles. The maximum atomic E-state index is 5.27. The molecule has 1 fully saturated rings. The Hall–Kier alpha value is -0.120. The number of nitrogens with zero attached hydrogens (tertiary/aromatic N) is 1. The molecule has 0 aromatic rings. The molecular weight excluding hydrogens is 188 g/mol. The minimum Gasteiger partial charge on any atom is -0.379 e. The van der Waals surface area contributed by atoms with E-state index < -0.39 is 0 Å². The van der Waals surface area contributed by atoms with Crippen molar-refractivity contribution in [3.63, 3.8) is 0 Å². The molecule has 91 valence electrons. The van der Waals surface area contributed by atoms with Crippen molar-refractivity contribution < 1.29 is 4.74 Å². The van der Waals surface area contributed by atoms with E-state index in [1.807, 2.05) is 6.92 Å². The normalized spacial score (nSPS) is 17.0. The molecule has 0 unspecified atom stereocenters. The van der Waals surface area contributed by atoms with Crippen molar-refractivity contribution in [1.82, 2.24) is 10.2 Å². The molecular formula is C12H27N2O. The zero-order valence-electron chi connectivity index (χ0n) is 10.4. The predicted octanol–water partition coefficient (Wildman–Crippen LogP) is 1.55. The number of morpholine rings is 1. The van der Waals surface area contributed by atoms with E-state index in [9.17, 15) is 0 Å². The highest BCUT2D eigenvalue weighted by atomic mass is 16.5. The molecule has 1 N–H and O–H groups in total. The van der Waals surface area contributed by atoms with Crippen LogP contribution < -0.4 is 5.32 Å². The van der Waals surface area contributed by atoms with Crippen molar-refractivity contribution in [2.45, 2.75) is 26.7 Å². The highest BCUT2D eigenvalue weighted by Gasteiger charge is 2.08. The summed E-state index contributed by atoms with van der Waals surface area (Å²) in [6.07, 6.45) is 2.23. The molecule has 1 aliphatic rings. The van der Waals surface area contributed by atoms with Gasteiger partial charge in [0, 0.05) is 26.2 Å². The van der Waals surface area contributed by atoms with Gasteiger partial charge in [0.2, 0.25) is 0 Å². The summed E-state index contributed by atoms with van der Waals surface area (Å²) in [5.74, 6) is 0. The molecule has 3 heteroatoms. The van der Waals surface area contributed by atoms with Gasteiger partial charge in [-0.1, -0.05) is 27.2 Å². The number of rotatable bonds is 5. The predicted molar refractivity (Wildman–Crippen MR) is 66.1 cm³/mol. The van der Waals surface area contributed by atoms with Crippen LogP contribution in [0.1, 0.15) is 26.7 Å². The lowest BCUT2D eigenvalue weighted by molar-refractivity contribution is 0.0384. The van der Waals surface area contributed by atoms with Crippen molar-refractivity contribution in [2.75, 3.05) is 45.9 Å². The molecule has 0 amide bonds. The quantitative estimate of drug-likeness (QED) is 0.704. The third kappa shape index (κ3) is 10.2. The Morgan fingerprint density at radius 3 is 2.33 bits per heavy atom. The fourth-order valence-corrected chi connectivity index (χ4v) is 1.36. The SMILES string of the molecule is CCCNCCN1CCOCC1.[CH2]CC. The average Bonchev–Trinajstić information content (AvgIpc) is 2.27. The molecule has 1 rings (SSSR count). The Labute approximate surface area is 95.2 Å². The van der Waals surface area contributed by atoms with Gasteiger partial charge in [-0.2, -0.15) is 0 Å². The summed E-state index contributed by atoms with van der Waals surface area (Å²) in [4.78, 5) is 2.45. The third-order valence-electron chi connectivity index (χ3n) is 2.14. The van der Waals surface area contributed by atoms with E-state index in [4.69, 9.17) is 4.74 Å². The van der Waals surface area contributed by atoms with Gasteiger partial charge in [-0.05, 0) is 13.0 Å². The van der Waals surface area contributed by atoms with Crippen LogP contribution in [0.3, 0.4) is 0 Å². The molecule has 0 aromatic carbocycles. The highest BCUT2D eigenvalue weighted by molar-refractivity contribution is 4.62. The third-order valence-corrected chi connectivity index (χ3v) is 2.14. The monoisotopic (exact) mass is 215 g/mol. The molecule has 15 heavy (non-hydrogen) atoms. The first kappa shape index (κ1) is 14.9. The first-order chi connectivity index (χ1) is 7.35. The number of hydrogen-bond donors (Lipinski definition) is 1. The summed E-state index contributed by atoms with van der Waals surface area (Å²) in [7, 11) is 0. The fraction of sp³-hybridized carbons (Fsp3) is 0.917. The lowest BCUT2D eigenvalue weighted by Gasteiger charge is -2.26. The molecule has 0 aliphatic carbocycles. The van der Waals surface area contributed by atoms with Gasteiger partial charge in [-0.3, -0.25) is 4.90 Å². The van der Waals surface area contributed by atoms with E-state index in [-0.39, 0.29) is 0 Å². The van der Waals surface area contributed by atoms with Crippen LogP contribution >= 0.6 is 0 Å². The standard InChI is InChI=1S/C9H20N2O.C3H7/c1-2-3-10-4-5-11-6-8-12-9-7-11;1-3-2/h10H,2-9H2,1H3;1,3H2,2H3. The van der Waals surface area contributed by atoms with Crippen LogP contribution in [-0.2, 0) is 4.74 Å². The minimum atomic E-state index is 0.910. The smallest absolute Gasteiger partial charge is 0.0594 e. The maximum Gasteiger partial charge on any atom is 0.0594 e. The van der Waals surface area contributed by atoms with E-state index >= 15 is 0 Å². The summed E-state index contributed by atoms with van der Waals surface area (Å²) >= 11 is 0. The van der Waals surface area contributed by atoms with E-state index in [0.29, 0.717) is 0 Å². The molecule has 0 atom stereocenters. The van der Waals surface area contributed by atoms with Crippen LogP contribution in [0, 0.1) is 6.92 Å². The van der Waals surface area contributed by atoms with Gasteiger partial charge in [0.1, 0.15) is 0 Å². The van der Waals surface area contributed by atoms with Crippen molar-refractivity contribution in [1.29, 1.82) is 0 Å². The summed E-state index contributed by atoms with van der Waals surface area (Å²) < 4.78 is 5.27. The van der Waals surface area contributed by atoms with Gasteiger partial charge >= 0.3 is 0 Å². The van der Waals surface area contributed by atoms with Gasteiger partial charge in [-0.25, -0.2) is 0 Å². The molecule has 3 nitrogen and oxygen atoms in total. The second-order valence-electron chi connectivity index (χ2n) is 3.70. The van der Waals surface area contributed by atoms with E-state index in [1.54, 1.807) is 0 Å². The van der Waals surface area contributed by atoms with Crippen LogP contribution in [0.15, 0.2) is 0 Å². The van der Waals surface area contributed by atoms with E-state index in [1.165, 1.54) is 13.0 Å². The molecule has 0 bridgehead atoms. The first-order valence-electron chi connectivity index (χ1n) is 6.15. The summed E-state index contributed by atoms with van der Waals surface area (Å²) in [6.45, 7) is 15.2. The molecule has 1 saturated heterocycles. The van der Waals surface area contributed by atoms with Gasteiger partial charge in [-0.15, -0.1) is 0 Å². The number of ether oxygens (including phenoxy) is 1. The summed E-state index contributed by atoms with van der Waals surface area (Å²) in [5, 5.41) is 3.40. The fourth-order valence-electron chi connectivity index (χ4n) is 1.36. The van der Waals surface area contributed by atoms with E-state index in [2.05, 4.69) is 24.1 Å². The zero-order valence-corrected chi connectivity index (χ0v) is 10.4. The minimum absolute atomic E-state index is 0.910. The van der Waals surface area contributed by atoms with Gasteiger partial charge in [0.25, 0.3) is 0 Å². The zero-order chi connectivity index (χ0) is 11.4. The van der Waals surface area contributed by atoms with Crippen LogP contribution in [0.4, 0.5) is 0 Å². The van der Waals surface area contributed by atoms with Gasteiger partial charge in [0.15, 0.2) is 0 Å². The Morgan fingerprint density at radius 1 is 1.20 bits per heavy atom. The van der Waals surface area contributed by atoms with Crippen LogP contribution in [0.5, 0.6) is 0 Å². The van der Waals surface area contributed by atoms with Crippen LogP contribution in [0.2, 0.25) is 0 Å². The summed E-state index contributed by atoms with van der Waals surface area (Å²) in [6, 6.07) is 0. The lowest BCUT2D eigenvalue weighted by atomic mass is 10.4. The average molecular weight is 215 g/mol. The van der Waals surface area contributed by atoms with Gasteiger partial charge < -0.3 is 10.1 Å². The second kappa shape index (κ2) is 12.0. The second-order valence-corrected chi connectivity index (χ2v) is 3.70. The Bertz CT molecular complexity index is 114. The van der Waals surface area contributed by atoms with Crippen molar-refractivity contribution in [2.24, 2.45) is 0 Å². The van der Waals surface area contributed by atoms with Crippen LogP contribution in [0.25, 0.3) is 0 Å². The molecule has 1 radical (unpaired) electrons. The van der Waals surface area contributed by atoms with Crippen molar-refractivity contribution >= 4 is 0 Å². The molecule has 1 heterocycles. The van der Waals surface area contributed by atoms with Crippen molar-refractivity contribution in [3.05, 3.63) is 6.92 Å². The Kier molecular flexibility index (Phi) is 11.9.